The van der Waals surface area contributed by atoms with Crippen LogP contribution in [0.2, 0.25) is 0 Å². The van der Waals surface area contributed by atoms with Crippen LogP contribution in [0, 0.1) is 5.92 Å². The Kier molecular flexibility index (Phi) is 12.3. The van der Waals surface area contributed by atoms with Gasteiger partial charge in [-0.3, -0.25) is 0 Å². The Morgan fingerprint density at radius 3 is 1.32 bits per heavy atom. The highest BCUT2D eigenvalue weighted by atomic mass is 16.6. The summed E-state index contributed by atoms with van der Waals surface area (Å²) in [7, 11) is 0. The van der Waals surface area contributed by atoms with Gasteiger partial charge in [-0.1, -0.05) is 127 Å². The van der Waals surface area contributed by atoms with Gasteiger partial charge in [0.15, 0.2) is 0 Å². The van der Waals surface area contributed by atoms with Gasteiger partial charge >= 0.3 is 0 Å². The van der Waals surface area contributed by atoms with Crippen molar-refractivity contribution in [1.82, 2.24) is 0 Å². The van der Waals surface area contributed by atoms with Crippen LogP contribution in [0.4, 0.5) is 0 Å². The van der Waals surface area contributed by atoms with Crippen LogP contribution >= 0.6 is 0 Å². The van der Waals surface area contributed by atoms with E-state index in [2.05, 4.69) is 6.58 Å². The largest absolute Gasteiger partial charge is 0.390 e. The summed E-state index contributed by atoms with van der Waals surface area (Å²) >= 11 is 0. The maximum absolute atomic E-state index is 11.9. The minimum absolute atomic E-state index is 0.250. The zero-order valence-electron chi connectivity index (χ0n) is 25.0. The summed E-state index contributed by atoms with van der Waals surface area (Å²) in [6, 6.07) is 40.0. The first-order valence-electron chi connectivity index (χ1n) is 15.2. The van der Waals surface area contributed by atoms with Crippen molar-refractivity contribution in [2.75, 3.05) is 13.2 Å². The number of aliphatic hydroxyl groups is 1. The second-order valence-electron chi connectivity index (χ2n) is 11.0. The molecule has 44 heavy (non-hydrogen) atoms. The molecule has 6 nitrogen and oxygen atoms in total. The second-order valence-corrected chi connectivity index (χ2v) is 11.0. The minimum atomic E-state index is -0.941. The maximum Gasteiger partial charge on any atom is 0.115 e. The average Bonchev–Trinajstić information content (AvgIpc) is 3.08. The molecule has 0 aromatic heterocycles. The molecule has 4 aromatic rings. The summed E-state index contributed by atoms with van der Waals surface area (Å²) in [5.41, 5.74) is 4.13. The number of ether oxygens (including phenoxy) is 5. The third-order valence-electron chi connectivity index (χ3n) is 7.85. The van der Waals surface area contributed by atoms with Crippen LogP contribution in [0.15, 0.2) is 134 Å². The summed E-state index contributed by atoms with van der Waals surface area (Å²) in [5.74, 6) is -0.449. The fraction of sp³-hybridized carbons (Fsp3) is 0.316. The number of rotatable bonds is 16. The Morgan fingerprint density at radius 1 is 0.500 bits per heavy atom. The number of aliphatic hydroxyl groups excluding tert-OH is 1. The lowest BCUT2D eigenvalue weighted by atomic mass is 9.78. The maximum atomic E-state index is 11.9. The van der Waals surface area contributed by atoms with Crippen molar-refractivity contribution < 1.29 is 28.8 Å². The number of hydrogen-bond donors (Lipinski definition) is 1. The quantitative estimate of drug-likeness (QED) is 0.149. The molecule has 0 aliphatic heterocycles. The van der Waals surface area contributed by atoms with E-state index >= 15 is 0 Å². The van der Waals surface area contributed by atoms with Gasteiger partial charge in [0.1, 0.15) is 18.3 Å². The van der Waals surface area contributed by atoms with Crippen molar-refractivity contribution >= 4 is 0 Å². The third kappa shape index (κ3) is 8.96. The molecule has 5 rings (SSSR count). The highest BCUT2D eigenvalue weighted by molar-refractivity contribution is 5.17. The van der Waals surface area contributed by atoms with Crippen molar-refractivity contribution in [3.63, 3.8) is 0 Å². The lowest BCUT2D eigenvalue weighted by Gasteiger charge is -2.48. The van der Waals surface area contributed by atoms with Gasteiger partial charge in [-0.25, -0.2) is 0 Å². The van der Waals surface area contributed by atoms with E-state index in [0.717, 1.165) is 22.3 Å². The smallest absolute Gasteiger partial charge is 0.115 e. The summed E-state index contributed by atoms with van der Waals surface area (Å²) in [5, 5.41) is 11.9. The molecule has 0 bridgehead atoms. The summed E-state index contributed by atoms with van der Waals surface area (Å²) in [6.07, 6.45) is -1.69. The Hall–Kier alpha value is -3.62. The molecule has 0 heterocycles. The molecular formula is C38H42O6. The molecule has 6 atom stereocenters. The fourth-order valence-electron chi connectivity index (χ4n) is 5.60. The van der Waals surface area contributed by atoms with Gasteiger partial charge in [-0.2, -0.15) is 0 Å². The van der Waals surface area contributed by atoms with Crippen molar-refractivity contribution in [3.8, 4) is 0 Å². The summed E-state index contributed by atoms with van der Waals surface area (Å²) < 4.78 is 32.4. The van der Waals surface area contributed by atoms with Crippen LogP contribution in [0.25, 0.3) is 0 Å². The topological polar surface area (TPSA) is 66.4 Å². The van der Waals surface area contributed by atoms with Crippen molar-refractivity contribution in [2.45, 2.75) is 56.9 Å². The van der Waals surface area contributed by atoms with Crippen LogP contribution in [0.1, 0.15) is 22.3 Å². The van der Waals surface area contributed by atoms with E-state index in [1.165, 1.54) is 0 Å². The van der Waals surface area contributed by atoms with Gasteiger partial charge in [0.2, 0.25) is 0 Å². The van der Waals surface area contributed by atoms with Crippen LogP contribution < -0.4 is 0 Å². The third-order valence-corrected chi connectivity index (χ3v) is 7.85. The lowest BCUT2D eigenvalue weighted by Crippen LogP contribution is -2.64. The Bertz CT molecular complexity index is 1350. The molecule has 6 heteroatoms. The normalized spacial score (nSPS) is 23.3. The van der Waals surface area contributed by atoms with Gasteiger partial charge in [-0.05, 0) is 22.3 Å². The molecule has 1 fully saturated rings. The molecule has 0 amide bonds. The molecule has 1 N–H and O–H groups in total. The average molecular weight is 595 g/mol. The molecule has 0 unspecified atom stereocenters. The summed E-state index contributed by atoms with van der Waals surface area (Å²) in [4.78, 5) is 0. The predicted molar refractivity (Wildman–Crippen MR) is 171 cm³/mol. The van der Waals surface area contributed by atoms with E-state index in [1.807, 2.05) is 121 Å². The molecule has 4 aromatic carbocycles. The molecule has 0 saturated heterocycles. The van der Waals surface area contributed by atoms with Crippen LogP contribution in [-0.2, 0) is 50.1 Å². The molecule has 0 radical (unpaired) electrons. The monoisotopic (exact) mass is 594 g/mol. The minimum Gasteiger partial charge on any atom is -0.390 e. The van der Waals surface area contributed by atoms with Crippen molar-refractivity contribution in [3.05, 3.63) is 156 Å². The Labute approximate surface area is 260 Å². The second kappa shape index (κ2) is 17.0. The zero-order valence-corrected chi connectivity index (χ0v) is 25.0. The highest BCUT2D eigenvalue weighted by Crippen LogP contribution is 2.36. The van der Waals surface area contributed by atoms with Crippen molar-refractivity contribution in [2.24, 2.45) is 5.92 Å². The first-order chi connectivity index (χ1) is 21.7. The number of benzene rings is 4. The first kappa shape index (κ1) is 31.8. The molecule has 1 saturated carbocycles. The molecule has 230 valence electrons. The highest BCUT2D eigenvalue weighted by Gasteiger charge is 2.53. The van der Waals surface area contributed by atoms with Crippen molar-refractivity contribution in [1.29, 1.82) is 0 Å². The SMILES string of the molecule is C=CCO[C@@H]1[C@H](O)[C@@H](COCc2ccccc2)[C@@H](OCc2ccccc2)[C@H](OCc2ccccc2)[C@H]1OCc1ccccc1. The summed E-state index contributed by atoms with van der Waals surface area (Å²) in [6.45, 7) is 5.79. The Balaban J connectivity index is 1.45. The molecule has 1 aliphatic carbocycles. The van der Waals surface area contributed by atoms with Gasteiger partial charge in [0.05, 0.1) is 51.8 Å². The lowest BCUT2D eigenvalue weighted by molar-refractivity contribution is -0.263. The van der Waals surface area contributed by atoms with Gasteiger partial charge in [0.25, 0.3) is 0 Å². The van der Waals surface area contributed by atoms with E-state index in [4.69, 9.17) is 23.7 Å². The predicted octanol–water partition coefficient (Wildman–Crippen LogP) is 6.52. The first-order valence-corrected chi connectivity index (χ1v) is 15.2. The zero-order chi connectivity index (χ0) is 30.4. The van der Waals surface area contributed by atoms with Crippen LogP contribution in [-0.4, -0.2) is 48.8 Å². The van der Waals surface area contributed by atoms with Gasteiger partial charge in [0, 0.05) is 5.92 Å². The Morgan fingerprint density at radius 2 is 0.886 bits per heavy atom. The van der Waals surface area contributed by atoms with Crippen LogP contribution in [0.3, 0.4) is 0 Å². The fourth-order valence-corrected chi connectivity index (χ4v) is 5.60. The van der Waals surface area contributed by atoms with E-state index in [9.17, 15) is 5.11 Å². The molecular weight excluding hydrogens is 552 g/mol. The number of hydrogen-bond acceptors (Lipinski definition) is 6. The van der Waals surface area contributed by atoms with E-state index in [1.54, 1.807) is 6.08 Å². The molecule has 0 spiro atoms. The van der Waals surface area contributed by atoms with E-state index in [0.29, 0.717) is 26.4 Å². The van der Waals surface area contributed by atoms with E-state index in [-0.39, 0.29) is 13.2 Å². The molecule has 1 aliphatic rings. The van der Waals surface area contributed by atoms with Gasteiger partial charge < -0.3 is 28.8 Å². The standard InChI is InChI=1S/C38H42O6/c1-2-23-41-36-34(39)33(28-40-24-29-15-7-3-8-16-29)35(42-25-30-17-9-4-10-18-30)37(43-26-31-19-11-5-12-20-31)38(36)44-27-32-21-13-6-14-22-32/h2-22,33-39H,1,23-28H2/t33-,34-,35-,36-,37+,38+/m1/s1. The van der Waals surface area contributed by atoms with E-state index < -0.39 is 36.4 Å². The van der Waals surface area contributed by atoms with Gasteiger partial charge in [-0.15, -0.1) is 6.58 Å². The van der Waals surface area contributed by atoms with Crippen LogP contribution in [0.5, 0.6) is 0 Å².